The first-order valence-electron chi connectivity index (χ1n) is 8.30. The number of ether oxygens (including phenoxy) is 1. The summed E-state index contributed by atoms with van der Waals surface area (Å²) in [6.07, 6.45) is 7.77. The fourth-order valence-corrected chi connectivity index (χ4v) is 5.64. The number of benzene rings is 1. The Bertz CT molecular complexity index is 636. The molecule has 4 atom stereocenters. The van der Waals surface area contributed by atoms with Gasteiger partial charge in [-0.3, -0.25) is 0 Å². The first-order valence-corrected chi connectivity index (χ1v) is 8.30. The molecule has 4 rings (SSSR count). The van der Waals surface area contributed by atoms with E-state index < -0.39 is 0 Å². The highest BCUT2D eigenvalue weighted by atomic mass is 16.5. The SMILES string of the molecule is CO/C=C/[C@]12N=N[C@@](c3ccccc3)([C@H]3CCC[C@H]31)C2(C)C. The fraction of sp³-hybridized carbons (Fsp3) is 0.579. The first-order chi connectivity index (χ1) is 10.6. The van der Waals surface area contributed by atoms with Crippen molar-refractivity contribution < 1.29 is 4.74 Å². The molecular formula is C19H24N2O. The molecule has 3 nitrogen and oxygen atoms in total. The Morgan fingerprint density at radius 2 is 1.82 bits per heavy atom. The van der Waals surface area contributed by atoms with Crippen molar-refractivity contribution in [1.82, 2.24) is 0 Å². The molecule has 22 heavy (non-hydrogen) atoms. The first kappa shape index (κ1) is 14.0. The van der Waals surface area contributed by atoms with Crippen LogP contribution in [0.15, 0.2) is 52.9 Å². The second-order valence-corrected chi connectivity index (χ2v) is 7.47. The number of hydrogen-bond donors (Lipinski definition) is 0. The second-order valence-electron chi connectivity index (χ2n) is 7.47. The number of hydrogen-bond acceptors (Lipinski definition) is 3. The molecule has 116 valence electrons. The maximum atomic E-state index is 5.25. The van der Waals surface area contributed by atoms with Gasteiger partial charge in [0.05, 0.1) is 13.4 Å². The Balaban J connectivity index is 1.94. The van der Waals surface area contributed by atoms with Crippen LogP contribution in [0.4, 0.5) is 0 Å². The average molecular weight is 296 g/mol. The second kappa shape index (κ2) is 4.43. The quantitative estimate of drug-likeness (QED) is 0.744. The minimum Gasteiger partial charge on any atom is -0.505 e. The molecule has 0 spiro atoms. The molecule has 2 saturated carbocycles. The monoisotopic (exact) mass is 296 g/mol. The van der Waals surface area contributed by atoms with Gasteiger partial charge >= 0.3 is 0 Å². The molecule has 1 aromatic rings. The van der Waals surface area contributed by atoms with Crippen molar-refractivity contribution in [2.75, 3.05) is 7.11 Å². The summed E-state index contributed by atoms with van der Waals surface area (Å²) in [7, 11) is 1.71. The molecule has 1 aromatic carbocycles. The van der Waals surface area contributed by atoms with E-state index in [-0.39, 0.29) is 16.5 Å². The van der Waals surface area contributed by atoms with Crippen LogP contribution in [-0.4, -0.2) is 12.6 Å². The number of methoxy groups -OCH3 is 1. The zero-order valence-electron chi connectivity index (χ0n) is 13.6. The molecule has 0 aromatic heterocycles. The Hall–Kier alpha value is -1.64. The fourth-order valence-electron chi connectivity index (χ4n) is 5.64. The number of nitrogens with zero attached hydrogens (tertiary/aromatic N) is 2. The molecule has 0 unspecified atom stereocenters. The van der Waals surface area contributed by atoms with Crippen LogP contribution in [0, 0.1) is 17.3 Å². The van der Waals surface area contributed by atoms with Crippen molar-refractivity contribution in [2.45, 2.75) is 44.2 Å². The van der Waals surface area contributed by atoms with Crippen LogP contribution in [0.2, 0.25) is 0 Å². The van der Waals surface area contributed by atoms with Gasteiger partial charge in [0.15, 0.2) is 0 Å². The minimum atomic E-state index is -0.222. The molecule has 2 bridgehead atoms. The standard InChI is InChI=1S/C19H24N2O/c1-17(2)18(12-13-22-3)15-10-7-11-16(15)19(17,21-20-18)14-8-5-4-6-9-14/h4-6,8-9,12-13,15-16H,7,10-11H2,1-3H3/b13-12+/t15-,16+,18+,19+/m1/s1. The van der Waals surface area contributed by atoms with E-state index in [4.69, 9.17) is 15.0 Å². The molecule has 1 aliphatic heterocycles. The normalized spacial score (nSPS) is 41.2. The van der Waals surface area contributed by atoms with Crippen LogP contribution in [-0.2, 0) is 10.3 Å². The van der Waals surface area contributed by atoms with Gasteiger partial charge in [-0.15, -0.1) is 0 Å². The molecular weight excluding hydrogens is 272 g/mol. The third-order valence-electron chi connectivity index (χ3n) is 6.62. The van der Waals surface area contributed by atoms with Crippen LogP contribution < -0.4 is 0 Å². The summed E-state index contributed by atoms with van der Waals surface area (Å²) in [5, 5.41) is 9.82. The Kier molecular flexibility index (Phi) is 2.82. The Morgan fingerprint density at radius 3 is 2.55 bits per heavy atom. The van der Waals surface area contributed by atoms with Crippen molar-refractivity contribution in [3.8, 4) is 0 Å². The topological polar surface area (TPSA) is 34.0 Å². The highest BCUT2D eigenvalue weighted by Crippen LogP contribution is 2.74. The molecule has 2 fully saturated rings. The molecule has 3 aliphatic rings. The zero-order valence-corrected chi connectivity index (χ0v) is 13.6. The van der Waals surface area contributed by atoms with Gasteiger partial charge in [-0.25, -0.2) is 0 Å². The summed E-state index contributed by atoms with van der Waals surface area (Å²) in [6, 6.07) is 10.8. The van der Waals surface area contributed by atoms with Crippen molar-refractivity contribution >= 4 is 0 Å². The van der Waals surface area contributed by atoms with Gasteiger partial charge in [0.25, 0.3) is 0 Å². The lowest BCUT2D eigenvalue weighted by Gasteiger charge is -2.40. The lowest BCUT2D eigenvalue weighted by Crippen LogP contribution is -2.45. The van der Waals surface area contributed by atoms with E-state index in [2.05, 4.69) is 50.3 Å². The third-order valence-corrected chi connectivity index (χ3v) is 6.62. The van der Waals surface area contributed by atoms with E-state index in [0.717, 1.165) is 0 Å². The predicted octanol–water partition coefficient (Wildman–Crippen LogP) is 4.70. The molecule has 0 N–H and O–H groups in total. The van der Waals surface area contributed by atoms with Gasteiger partial charge < -0.3 is 4.74 Å². The van der Waals surface area contributed by atoms with Crippen LogP contribution in [0.5, 0.6) is 0 Å². The lowest BCUT2D eigenvalue weighted by atomic mass is 9.63. The van der Waals surface area contributed by atoms with E-state index in [1.165, 1.54) is 24.8 Å². The summed E-state index contributed by atoms with van der Waals surface area (Å²) < 4.78 is 5.25. The van der Waals surface area contributed by atoms with E-state index >= 15 is 0 Å². The maximum Gasteiger partial charge on any atom is 0.117 e. The zero-order chi connectivity index (χ0) is 15.4. The maximum absolute atomic E-state index is 5.25. The summed E-state index contributed by atoms with van der Waals surface area (Å²) in [6.45, 7) is 4.69. The van der Waals surface area contributed by atoms with Crippen molar-refractivity contribution in [2.24, 2.45) is 27.5 Å². The smallest absolute Gasteiger partial charge is 0.117 e. The summed E-state index contributed by atoms with van der Waals surface area (Å²) in [5.74, 6) is 1.16. The van der Waals surface area contributed by atoms with Gasteiger partial charge in [-0.05, 0) is 36.3 Å². The van der Waals surface area contributed by atoms with Gasteiger partial charge in [0.1, 0.15) is 11.1 Å². The van der Waals surface area contributed by atoms with Crippen molar-refractivity contribution in [3.05, 3.63) is 48.2 Å². The molecule has 0 saturated heterocycles. The van der Waals surface area contributed by atoms with Gasteiger partial charge in [0, 0.05) is 5.41 Å². The molecule has 3 heteroatoms. The minimum absolute atomic E-state index is 0.0356. The van der Waals surface area contributed by atoms with E-state index in [1.54, 1.807) is 7.11 Å². The van der Waals surface area contributed by atoms with Gasteiger partial charge in [-0.1, -0.05) is 50.6 Å². The average Bonchev–Trinajstić information content (AvgIpc) is 3.14. The number of rotatable bonds is 3. The summed E-state index contributed by atoms with van der Waals surface area (Å²) in [4.78, 5) is 0. The van der Waals surface area contributed by atoms with E-state index in [0.29, 0.717) is 11.8 Å². The predicted molar refractivity (Wildman–Crippen MR) is 86.5 cm³/mol. The van der Waals surface area contributed by atoms with E-state index in [9.17, 15) is 0 Å². The molecule has 1 heterocycles. The van der Waals surface area contributed by atoms with Crippen LogP contribution in [0.1, 0.15) is 38.7 Å². The highest BCUT2D eigenvalue weighted by Gasteiger charge is 2.76. The van der Waals surface area contributed by atoms with Crippen molar-refractivity contribution in [3.63, 3.8) is 0 Å². The number of azo groups is 1. The Morgan fingerprint density at radius 1 is 1.09 bits per heavy atom. The molecule has 0 radical (unpaired) electrons. The third kappa shape index (κ3) is 1.34. The Labute approximate surface area is 132 Å². The number of fused-ring (bicyclic) bond motifs is 5. The summed E-state index contributed by atoms with van der Waals surface area (Å²) >= 11 is 0. The molecule has 0 amide bonds. The largest absolute Gasteiger partial charge is 0.505 e. The highest BCUT2D eigenvalue weighted by molar-refractivity contribution is 5.42. The van der Waals surface area contributed by atoms with Crippen LogP contribution in [0.3, 0.4) is 0 Å². The summed E-state index contributed by atoms with van der Waals surface area (Å²) in [5.41, 5.74) is 0.880. The van der Waals surface area contributed by atoms with Crippen LogP contribution >= 0.6 is 0 Å². The molecule has 2 aliphatic carbocycles. The van der Waals surface area contributed by atoms with Crippen LogP contribution in [0.25, 0.3) is 0 Å². The van der Waals surface area contributed by atoms with Gasteiger partial charge in [-0.2, -0.15) is 10.2 Å². The van der Waals surface area contributed by atoms with Crippen molar-refractivity contribution in [1.29, 1.82) is 0 Å². The lowest BCUT2D eigenvalue weighted by molar-refractivity contribution is 0.163. The van der Waals surface area contributed by atoms with Gasteiger partial charge in [0.2, 0.25) is 0 Å². The van der Waals surface area contributed by atoms with E-state index in [1.807, 2.05) is 6.26 Å².